The van der Waals surface area contributed by atoms with Crippen molar-refractivity contribution < 1.29 is 32.7 Å². The van der Waals surface area contributed by atoms with Crippen molar-refractivity contribution in [2.24, 2.45) is 5.73 Å². The van der Waals surface area contributed by atoms with Gasteiger partial charge in [-0.25, -0.2) is 14.8 Å². The largest absolute Gasteiger partial charge is 0.483 e. The van der Waals surface area contributed by atoms with Gasteiger partial charge in [0.1, 0.15) is 6.54 Å². The molecule has 6 N–H and O–H groups in total. The number of imidazole rings is 1. The van der Waals surface area contributed by atoms with Crippen LogP contribution in [0.4, 0.5) is 29.5 Å². The van der Waals surface area contributed by atoms with Crippen LogP contribution in [0.15, 0.2) is 43.0 Å². The lowest BCUT2D eigenvalue weighted by Crippen LogP contribution is -2.42. The van der Waals surface area contributed by atoms with E-state index in [2.05, 4.69) is 31.0 Å². The van der Waals surface area contributed by atoms with Crippen LogP contribution < -0.4 is 21.7 Å². The zero-order valence-corrected chi connectivity index (χ0v) is 25.2. The Labute approximate surface area is 266 Å². The summed E-state index contributed by atoms with van der Waals surface area (Å²) >= 11 is 0. The monoisotopic (exact) mass is 655 g/mol. The van der Waals surface area contributed by atoms with Crippen LogP contribution in [-0.2, 0) is 23.9 Å². The van der Waals surface area contributed by atoms with Crippen LogP contribution in [0.1, 0.15) is 35.0 Å². The summed E-state index contributed by atoms with van der Waals surface area (Å²) in [5.41, 5.74) is 6.70. The number of nitrogens with two attached hydrogens (primary N) is 1. The number of carbonyl (C=O) groups excluding carboxylic acids is 2. The molecular weight excluding hydrogens is 623 g/mol. The number of nitrogens with one attached hydrogen (secondary N) is 3. The number of carboxylic acid groups (broad SMARTS) is 1. The second-order valence-electron chi connectivity index (χ2n) is 10.3. The molecule has 248 valence electrons. The molecular formula is C29H32F3N11O4. The third-order valence-corrected chi connectivity index (χ3v) is 7.16. The van der Waals surface area contributed by atoms with Gasteiger partial charge in [0.15, 0.2) is 17.2 Å². The lowest BCUT2D eigenvalue weighted by Gasteiger charge is -2.17. The summed E-state index contributed by atoms with van der Waals surface area (Å²) in [5.74, 6) is -0.00735. The smallest absolute Gasteiger partial charge is 0.435 e. The van der Waals surface area contributed by atoms with Crippen molar-refractivity contribution in [2.45, 2.75) is 38.5 Å². The first-order valence-corrected chi connectivity index (χ1v) is 14.4. The fraction of sp³-hybridized carbons (Fsp3) is 0.345. The second-order valence-corrected chi connectivity index (χ2v) is 10.3. The predicted molar refractivity (Wildman–Crippen MR) is 163 cm³/mol. The highest BCUT2D eigenvalue weighted by Gasteiger charge is 2.38. The molecule has 1 aliphatic heterocycles. The number of likely N-dealkylation sites (tertiary alicyclic amines) is 1. The Hall–Kier alpha value is -5.70. The number of alkyl halides is 3. The molecule has 3 amide bonds. The number of hydrogen-bond donors (Lipinski definition) is 5. The highest BCUT2D eigenvalue weighted by Crippen LogP contribution is 2.37. The quantitative estimate of drug-likeness (QED) is 0.131. The van der Waals surface area contributed by atoms with Gasteiger partial charge in [0.2, 0.25) is 0 Å². The van der Waals surface area contributed by atoms with Gasteiger partial charge >= 0.3 is 12.2 Å². The lowest BCUT2D eigenvalue weighted by atomic mass is 10.0. The number of nitrogens with zero attached hydrogens (tertiary/aromatic N) is 7. The Balaban J connectivity index is 0.00000160. The third-order valence-electron chi connectivity index (χ3n) is 7.16. The molecule has 3 aromatic heterocycles. The van der Waals surface area contributed by atoms with Crippen molar-refractivity contribution in [1.82, 2.24) is 39.7 Å². The minimum atomic E-state index is -4.74. The molecule has 1 atom stereocenters. The first-order valence-electron chi connectivity index (χ1n) is 14.4. The molecule has 1 fully saturated rings. The van der Waals surface area contributed by atoms with Crippen LogP contribution in [-0.4, -0.2) is 84.8 Å². The maximum absolute atomic E-state index is 13.7. The SMILES string of the molecule is CCc1cc(Nc2nccn3c(-c4cn(CC#N)nc4C(F)(F)F)cnc23)ccc1C(=O)NCCNC(=O)N1CCC(N)C1.O=CO. The van der Waals surface area contributed by atoms with E-state index in [1.807, 2.05) is 6.92 Å². The molecule has 1 aromatic carbocycles. The average molecular weight is 656 g/mol. The van der Waals surface area contributed by atoms with Crippen LogP contribution in [0.5, 0.6) is 0 Å². The number of nitriles is 1. The minimum Gasteiger partial charge on any atom is -0.483 e. The van der Waals surface area contributed by atoms with Gasteiger partial charge in [-0.15, -0.1) is 0 Å². The predicted octanol–water partition coefficient (Wildman–Crippen LogP) is 2.61. The van der Waals surface area contributed by atoms with E-state index in [1.165, 1.54) is 23.0 Å². The fourth-order valence-corrected chi connectivity index (χ4v) is 5.02. The van der Waals surface area contributed by atoms with E-state index in [0.29, 0.717) is 30.8 Å². The van der Waals surface area contributed by atoms with E-state index < -0.39 is 11.9 Å². The van der Waals surface area contributed by atoms with Crippen LogP contribution in [0.2, 0.25) is 0 Å². The molecule has 15 nitrogen and oxygen atoms in total. The van der Waals surface area contributed by atoms with E-state index in [-0.39, 0.29) is 66.8 Å². The number of rotatable bonds is 9. The lowest BCUT2D eigenvalue weighted by molar-refractivity contribution is -0.141. The molecule has 5 rings (SSSR count). The van der Waals surface area contributed by atoms with Crippen LogP contribution in [0, 0.1) is 11.3 Å². The number of amides is 3. The van der Waals surface area contributed by atoms with Crippen LogP contribution in [0.3, 0.4) is 0 Å². The van der Waals surface area contributed by atoms with Gasteiger partial charge < -0.3 is 31.7 Å². The number of carbonyl (C=O) groups is 3. The van der Waals surface area contributed by atoms with Gasteiger partial charge in [0, 0.05) is 62.1 Å². The maximum atomic E-state index is 13.7. The third kappa shape index (κ3) is 8.12. The van der Waals surface area contributed by atoms with Gasteiger partial charge in [-0.3, -0.25) is 18.7 Å². The number of aromatic nitrogens is 5. The molecule has 4 aromatic rings. The van der Waals surface area contributed by atoms with Crippen molar-refractivity contribution in [1.29, 1.82) is 5.26 Å². The molecule has 0 aliphatic carbocycles. The van der Waals surface area contributed by atoms with Gasteiger partial charge in [-0.05, 0) is 36.6 Å². The van der Waals surface area contributed by atoms with E-state index in [1.54, 1.807) is 29.2 Å². The Bertz CT molecular complexity index is 1780. The molecule has 0 saturated carbocycles. The Morgan fingerprint density at radius 1 is 1.23 bits per heavy atom. The summed E-state index contributed by atoms with van der Waals surface area (Å²) in [4.78, 5) is 43.7. The van der Waals surface area contributed by atoms with Crippen molar-refractivity contribution in [2.75, 3.05) is 31.5 Å². The van der Waals surface area contributed by atoms with Crippen molar-refractivity contribution >= 4 is 35.6 Å². The minimum absolute atomic E-state index is 0.00967. The summed E-state index contributed by atoms with van der Waals surface area (Å²) in [5, 5.41) is 28.1. The van der Waals surface area contributed by atoms with E-state index >= 15 is 0 Å². The molecule has 47 heavy (non-hydrogen) atoms. The van der Waals surface area contributed by atoms with Gasteiger partial charge in [-0.2, -0.15) is 23.5 Å². The molecule has 0 spiro atoms. The molecule has 1 aliphatic rings. The van der Waals surface area contributed by atoms with Gasteiger partial charge in [0.25, 0.3) is 12.4 Å². The normalized spacial score (nSPS) is 14.2. The van der Waals surface area contributed by atoms with E-state index in [0.717, 1.165) is 22.9 Å². The number of halogens is 3. The Morgan fingerprint density at radius 2 is 1.98 bits per heavy atom. The van der Waals surface area contributed by atoms with Crippen molar-refractivity contribution in [3.63, 3.8) is 0 Å². The highest BCUT2D eigenvalue weighted by molar-refractivity contribution is 5.96. The summed E-state index contributed by atoms with van der Waals surface area (Å²) < 4.78 is 43.6. The van der Waals surface area contributed by atoms with Crippen LogP contribution >= 0.6 is 0 Å². The summed E-state index contributed by atoms with van der Waals surface area (Å²) in [6.45, 7) is 2.95. The first-order chi connectivity index (χ1) is 22.5. The maximum Gasteiger partial charge on any atom is 0.435 e. The number of aryl methyl sites for hydroxylation is 1. The van der Waals surface area contributed by atoms with Gasteiger partial charge in [0.05, 0.1) is 23.5 Å². The zero-order chi connectivity index (χ0) is 34.1. The second kappa shape index (κ2) is 15.1. The van der Waals surface area contributed by atoms with Crippen molar-refractivity contribution in [3.8, 4) is 17.3 Å². The number of hydrogen-bond acceptors (Lipinski definition) is 9. The van der Waals surface area contributed by atoms with Gasteiger partial charge in [-0.1, -0.05) is 6.92 Å². The molecule has 0 bridgehead atoms. The number of urea groups is 1. The zero-order valence-electron chi connectivity index (χ0n) is 25.2. The van der Waals surface area contributed by atoms with E-state index in [4.69, 9.17) is 20.9 Å². The molecule has 18 heteroatoms. The standard InChI is InChI=1S/C28H30F3N11O2.CH2O2/c1-2-17-13-19(3-4-20(17)26(43)35-7-8-36-27(44)40-10-5-18(33)15-40)38-24-25-37-14-22(42(25)12-9-34-24)21-16-41(11-6-32)39-23(21)28(29,30)31;2-1-3/h3-4,9,12-14,16,18H,2,5,7-8,10-11,15,33H2,1H3,(H,34,38)(H,35,43)(H,36,44);1H,(H,2,3). The summed E-state index contributed by atoms with van der Waals surface area (Å²) in [6.07, 6.45) is 1.93. The first kappa shape index (κ1) is 34.2. The van der Waals surface area contributed by atoms with E-state index in [9.17, 15) is 22.8 Å². The molecule has 0 radical (unpaired) electrons. The highest BCUT2D eigenvalue weighted by atomic mass is 19.4. The Morgan fingerprint density at radius 3 is 2.64 bits per heavy atom. The molecule has 4 heterocycles. The number of fused-ring (bicyclic) bond motifs is 1. The summed E-state index contributed by atoms with van der Waals surface area (Å²) in [7, 11) is 0. The molecule has 1 saturated heterocycles. The summed E-state index contributed by atoms with van der Waals surface area (Å²) in [6, 6.07) is 6.71. The topological polar surface area (TPSA) is 209 Å². The average Bonchev–Trinajstić information content (AvgIpc) is 3.78. The van der Waals surface area contributed by atoms with Crippen LogP contribution in [0.25, 0.3) is 16.9 Å². The molecule has 1 unspecified atom stereocenters. The van der Waals surface area contributed by atoms with Crippen molar-refractivity contribution in [3.05, 3.63) is 59.8 Å². The Kier molecular flexibility index (Phi) is 10.9. The number of benzene rings is 1. The fourth-order valence-electron chi connectivity index (χ4n) is 5.02. The number of anilines is 2.